The van der Waals surface area contributed by atoms with Gasteiger partial charge in [0.2, 0.25) is 0 Å². The minimum absolute atomic E-state index is 0. The molecule has 2 rings (SSSR count). The van der Waals surface area contributed by atoms with Gasteiger partial charge >= 0.3 is 51.4 Å². The van der Waals surface area contributed by atoms with Gasteiger partial charge in [0.25, 0.3) is 5.24 Å². The predicted octanol–water partition coefficient (Wildman–Crippen LogP) is -2.77. The second kappa shape index (κ2) is 7.02. The molecule has 72 valence electrons. The van der Waals surface area contributed by atoms with Crippen molar-refractivity contribution in [1.82, 2.24) is 0 Å². The zero-order chi connectivity index (χ0) is 9.26. The van der Waals surface area contributed by atoms with E-state index >= 15 is 0 Å². The first kappa shape index (κ1) is 15.6. The molecule has 0 saturated carbocycles. The van der Waals surface area contributed by atoms with E-state index in [4.69, 9.17) is 11.6 Å². The van der Waals surface area contributed by atoms with Gasteiger partial charge in [-0.1, -0.05) is 36.4 Å². The third-order valence-corrected chi connectivity index (χ3v) is 2.20. The summed E-state index contributed by atoms with van der Waals surface area (Å²) in [6.45, 7) is 0. The van der Waals surface area contributed by atoms with Gasteiger partial charge in [0.05, 0.1) is 0 Å². The van der Waals surface area contributed by atoms with Crippen LogP contribution in [0.5, 0.6) is 0 Å². The van der Waals surface area contributed by atoms with Crippen LogP contribution in [0.3, 0.4) is 0 Å². The molecule has 0 heterocycles. The van der Waals surface area contributed by atoms with E-state index in [-0.39, 0.29) is 63.8 Å². The zero-order valence-electron chi connectivity index (χ0n) is 8.21. The molecule has 0 amide bonds. The van der Waals surface area contributed by atoms with Crippen molar-refractivity contribution in [2.75, 3.05) is 0 Å². The fraction of sp³-hybridized carbons (Fsp3) is 0. The van der Waals surface area contributed by atoms with Crippen LogP contribution in [0.2, 0.25) is 0 Å². The quantitative estimate of drug-likeness (QED) is 0.403. The normalized spacial score (nSPS) is 8.87. The van der Waals surface area contributed by atoms with E-state index in [1.54, 1.807) is 6.07 Å². The monoisotopic (exact) mass is 264 g/mol. The van der Waals surface area contributed by atoms with Gasteiger partial charge in [-0.3, -0.25) is 4.79 Å². The Morgan fingerprint density at radius 2 is 1.60 bits per heavy atom. The molecule has 0 aliphatic heterocycles. The molecule has 0 saturated heterocycles. The smallest absolute Gasteiger partial charge is 1.00 e. The largest absolute Gasteiger partial charge is 1.00 e. The molecule has 0 atom stereocenters. The maximum Gasteiger partial charge on any atom is 1.00 e. The number of hydrogen-bond acceptors (Lipinski definition) is 1. The summed E-state index contributed by atoms with van der Waals surface area (Å²) < 4.78 is 0. The van der Waals surface area contributed by atoms with E-state index in [0.717, 1.165) is 10.8 Å². The maximum atomic E-state index is 11.0. The Balaban J connectivity index is 0.000000980. The molecule has 15 heavy (non-hydrogen) atoms. The first-order chi connectivity index (χ1) is 6.29. The molecule has 0 aliphatic rings. The second-order valence-electron chi connectivity index (χ2n) is 2.80. The summed E-state index contributed by atoms with van der Waals surface area (Å²) in [6.07, 6.45) is 0. The standard InChI is InChI=1S/C11H7ClO.ClH.K/c12-11(13)10-7-3-5-8-4-1-2-6-9(8)10;;/h1-7H;1H;/q;;+1/p-1. The molecular formula is C11H7Cl2KO. The summed E-state index contributed by atoms with van der Waals surface area (Å²) in [5.74, 6) is 0. The zero-order valence-corrected chi connectivity index (χ0v) is 12.8. The molecule has 0 N–H and O–H groups in total. The Kier molecular flexibility index (Phi) is 7.29. The number of fused-ring (bicyclic) bond motifs is 1. The molecule has 2 aromatic carbocycles. The molecular weight excluding hydrogens is 258 g/mol. The Hall–Kier alpha value is 0.586. The first-order valence-electron chi connectivity index (χ1n) is 3.96. The molecule has 4 heteroatoms. The molecule has 0 radical (unpaired) electrons. The average Bonchev–Trinajstić information content (AvgIpc) is 2.17. The average molecular weight is 265 g/mol. The van der Waals surface area contributed by atoms with Gasteiger partial charge in [-0.15, -0.1) is 0 Å². The summed E-state index contributed by atoms with van der Waals surface area (Å²) in [6, 6.07) is 13.2. The van der Waals surface area contributed by atoms with Gasteiger partial charge in [-0.25, -0.2) is 0 Å². The van der Waals surface area contributed by atoms with E-state index in [9.17, 15) is 4.79 Å². The molecule has 0 bridgehead atoms. The molecule has 0 aliphatic carbocycles. The van der Waals surface area contributed by atoms with Gasteiger partial charge in [0, 0.05) is 5.56 Å². The number of benzene rings is 2. The first-order valence-corrected chi connectivity index (χ1v) is 4.34. The van der Waals surface area contributed by atoms with Crippen molar-refractivity contribution in [3.05, 3.63) is 48.0 Å². The van der Waals surface area contributed by atoms with Crippen LogP contribution in [0.25, 0.3) is 10.8 Å². The van der Waals surface area contributed by atoms with E-state index in [0.29, 0.717) is 5.56 Å². The van der Waals surface area contributed by atoms with Gasteiger partial charge < -0.3 is 12.4 Å². The SMILES string of the molecule is O=C(Cl)c1cccc2ccccc12.[Cl-].[K+]. The van der Waals surface area contributed by atoms with Gasteiger partial charge in [0.1, 0.15) is 0 Å². The summed E-state index contributed by atoms with van der Waals surface area (Å²) >= 11 is 5.44. The number of carbonyl (C=O) groups is 1. The van der Waals surface area contributed by atoms with Crippen LogP contribution >= 0.6 is 11.6 Å². The third kappa shape index (κ3) is 3.53. The van der Waals surface area contributed by atoms with Gasteiger partial charge in [-0.2, -0.15) is 0 Å². The Morgan fingerprint density at radius 1 is 1.00 bits per heavy atom. The molecule has 1 nitrogen and oxygen atoms in total. The van der Waals surface area contributed by atoms with Crippen LogP contribution < -0.4 is 63.8 Å². The third-order valence-electron chi connectivity index (χ3n) is 2.00. The number of rotatable bonds is 1. The van der Waals surface area contributed by atoms with Gasteiger partial charge in [0.15, 0.2) is 0 Å². The molecule has 0 fully saturated rings. The predicted molar refractivity (Wildman–Crippen MR) is 54.1 cm³/mol. The van der Waals surface area contributed by atoms with Crippen molar-refractivity contribution in [1.29, 1.82) is 0 Å². The fourth-order valence-corrected chi connectivity index (χ4v) is 1.56. The van der Waals surface area contributed by atoms with Gasteiger partial charge in [-0.05, 0) is 28.4 Å². The van der Waals surface area contributed by atoms with Crippen molar-refractivity contribution in [3.63, 3.8) is 0 Å². The van der Waals surface area contributed by atoms with Crippen molar-refractivity contribution >= 4 is 27.6 Å². The van der Waals surface area contributed by atoms with Crippen molar-refractivity contribution in [2.45, 2.75) is 0 Å². The molecule has 0 unspecified atom stereocenters. The van der Waals surface area contributed by atoms with Crippen molar-refractivity contribution in [3.8, 4) is 0 Å². The van der Waals surface area contributed by atoms with Crippen LogP contribution in [-0.2, 0) is 0 Å². The summed E-state index contributed by atoms with van der Waals surface area (Å²) in [5, 5.41) is 1.54. The molecule has 2 aromatic rings. The Morgan fingerprint density at radius 3 is 2.27 bits per heavy atom. The van der Waals surface area contributed by atoms with Crippen molar-refractivity contribution < 1.29 is 68.6 Å². The Labute approximate surface area is 142 Å². The van der Waals surface area contributed by atoms with Crippen LogP contribution in [-0.4, -0.2) is 5.24 Å². The second-order valence-corrected chi connectivity index (χ2v) is 3.14. The van der Waals surface area contributed by atoms with Crippen molar-refractivity contribution in [2.24, 2.45) is 0 Å². The van der Waals surface area contributed by atoms with E-state index in [1.807, 2.05) is 36.4 Å². The maximum absolute atomic E-state index is 11.0. The summed E-state index contributed by atoms with van der Waals surface area (Å²) in [5.41, 5.74) is 0.569. The van der Waals surface area contributed by atoms with Crippen LogP contribution in [0.15, 0.2) is 42.5 Å². The summed E-state index contributed by atoms with van der Waals surface area (Å²) in [7, 11) is 0. The number of hydrogen-bond donors (Lipinski definition) is 0. The topological polar surface area (TPSA) is 17.1 Å². The number of halogens is 2. The minimum atomic E-state index is -0.406. The van der Waals surface area contributed by atoms with Crippen LogP contribution in [0, 0.1) is 0 Å². The van der Waals surface area contributed by atoms with E-state index < -0.39 is 5.24 Å². The minimum Gasteiger partial charge on any atom is -1.00 e. The molecule has 0 spiro atoms. The number of carbonyl (C=O) groups excluding carboxylic acids is 1. The molecule has 0 aromatic heterocycles. The summed E-state index contributed by atoms with van der Waals surface area (Å²) in [4.78, 5) is 11.0. The Bertz CT molecular complexity index is 466. The van der Waals surface area contributed by atoms with Crippen LogP contribution in [0.1, 0.15) is 10.4 Å². The fourth-order valence-electron chi connectivity index (χ4n) is 1.40. The van der Waals surface area contributed by atoms with Crippen LogP contribution in [0.4, 0.5) is 0 Å². The van der Waals surface area contributed by atoms with E-state index in [2.05, 4.69) is 0 Å². The van der Waals surface area contributed by atoms with E-state index in [1.165, 1.54) is 0 Å².